The van der Waals surface area contributed by atoms with Crippen LogP contribution in [0.15, 0.2) is 18.7 Å². The van der Waals surface area contributed by atoms with Crippen LogP contribution >= 0.6 is 0 Å². The predicted molar refractivity (Wildman–Crippen MR) is 113 cm³/mol. The number of ether oxygens (including phenoxy) is 1. The Labute approximate surface area is 179 Å². The van der Waals surface area contributed by atoms with Gasteiger partial charge in [0, 0.05) is 18.8 Å². The number of nitrogens with one attached hydrogen (secondary N) is 4. The molecule has 0 saturated heterocycles. The van der Waals surface area contributed by atoms with Gasteiger partial charge in [-0.05, 0) is 52.4 Å². The van der Waals surface area contributed by atoms with E-state index in [2.05, 4.69) is 36.3 Å². The third kappa shape index (κ3) is 4.93. The Hall–Kier alpha value is -3.21. The zero-order valence-electron chi connectivity index (χ0n) is 17.9. The number of rotatable bonds is 5. The number of nitrogens with zero attached hydrogens (tertiary/aromatic N) is 4. The first kappa shape index (κ1) is 21.0. The van der Waals surface area contributed by atoms with Gasteiger partial charge in [-0.1, -0.05) is 0 Å². The molecule has 2 amide bonds. The van der Waals surface area contributed by atoms with Crippen molar-refractivity contribution in [3.8, 4) is 0 Å². The molecule has 31 heavy (non-hydrogen) atoms. The van der Waals surface area contributed by atoms with Crippen LogP contribution in [0.25, 0.3) is 16.8 Å². The number of hydrogen-bond acceptors (Lipinski definition) is 7. The highest BCUT2D eigenvalue weighted by Gasteiger charge is 2.25. The van der Waals surface area contributed by atoms with Crippen molar-refractivity contribution in [3.63, 3.8) is 0 Å². The second kappa shape index (κ2) is 8.50. The van der Waals surface area contributed by atoms with Crippen molar-refractivity contribution in [2.75, 3.05) is 6.54 Å². The van der Waals surface area contributed by atoms with Gasteiger partial charge in [-0.25, -0.2) is 15.2 Å². The summed E-state index contributed by atoms with van der Waals surface area (Å²) in [6.45, 7) is 6.14. The van der Waals surface area contributed by atoms with Crippen molar-refractivity contribution >= 4 is 28.8 Å². The molecule has 1 saturated carbocycles. The number of aromatic nitrogens is 5. The van der Waals surface area contributed by atoms with Crippen molar-refractivity contribution in [1.29, 1.82) is 0 Å². The van der Waals surface area contributed by atoms with Crippen LogP contribution in [-0.4, -0.2) is 54.8 Å². The molecule has 166 valence electrons. The summed E-state index contributed by atoms with van der Waals surface area (Å²) in [6.07, 6.45) is 8.06. The van der Waals surface area contributed by atoms with E-state index < -0.39 is 11.7 Å². The molecule has 4 rings (SSSR count). The lowest BCUT2D eigenvalue weighted by atomic mass is 9.86. The van der Waals surface area contributed by atoms with Crippen LogP contribution in [0.2, 0.25) is 0 Å². The summed E-state index contributed by atoms with van der Waals surface area (Å²) in [5.74, 6) is 0.291. The molecule has 0 aliphatic heterocycles. The van der Waals surface area contributed by atoms with E-state index in [1.807, 2.05) is 20.8 Å². The van der Waals surface area contributed by atoms with Gasteiger partial charge < -0.3 is 15.0 Å². The van der Waals surface area contributed by atoms with Gasteiger partial charge in [0.25, 0.3) is 5.91 Å². The summed E-state index contributed by atoms with van der Waals surface area (Å²) in [4.78, 5) is 31.9. The Kier molecular flexibility index (Phi) is 5.77. The van der Waals surface area contributed by atoms with Crippen LogP contribution in [0.4, 0.5) is 4.79 Å². The van der Waals surface area contributed by atoms with Gasteiger partial charge in [0.05, 0.1) is 11.8 Å². The number of amides is 2. The fraction of sp³-hybridized carbons (Fsp3) is 0.550. The lowest BCUT2D eigenvalue weighted by Gasteiger charge is -2.29. The minimum atomic E-state index is -0.525. The summed E-state index contributed by atoms with van der Waals surface area (Å²) < 4.78 is 6.96. The van der Waals surface area contributed by atoms with E-state index in [1.54, 1.807) is 23.1 Å². The van der Waals surface area contributed by atoms with E-state index in [0.717, 1.165) is 25.7 Å². The fourth-order valence-corrected chi connectivity index (χ4v) is 3.89. The number of carbonyl (C=O) groups excluding carboxylic acids is 2. The number of carbonyl (C=O) groups is 2. The number of hydrazine groups is 1. The maximum absolute atomic E-state index is 12.9. The minimum Gasteiger partial charge on any atom is -0.443 e. The third-order valence-corrected chi connectivity index (χ3v) is 5.36. The Morgan fingerprint density at radius 1 is 1.26 bits per heavy atom. The molecule has 0 radical (unpaired) electrons. The molecule has 3 heterocycles. The highest BCUT2D eigenvalue weighted by molar-refractivity contribution is 6.05. The lowest BCUT2D eigenvalue weighted by molar-refractivity contribution is 0.0492. The smallest absolute Gasteiger partial charge is 0.422 e. The zero-order valence-corrected chi connectivity index (χ0v) is 17.9. The standard InChI is InChI=1S/C20H28N8O3/c1-20(2,3)31-19(30)27-23-8-12-4-6-13(7-5-12)25-18(29)14-9-21-17-16(14)28-11-24-26-15(28)10-22-17/h9-13,21,23H,4-8H2,1-3H3,(H,25,29)(H,27,30). The molecule has 3 aromatic heterocycles. The highest BCUT2D eigenvalue weighted by Crippen LogP contribution is 2.25. The topological polar surface area (TPSA) is 138 Å². The molecule has 1 aliphatic carbocycles. The molecular formula is C20H28N8O3. The molecule has 0 spiro atoms. The van der Waals surface area contributed by atoms with Gasteiger partial charge in [0.2, 0.25) is 0 Å². The van der Waals surface area contributed by atoms with E-state index in [4.69, 9.17) is 4.74 Å². The summed E-state index contributed by atoms with van der Waals surface area (Å²) in [5.41, 5.74) is 7.41. The normalized spacial score (nSPS) is 19.5. The van der Waals surface area contributed by atoms with Crippen LogP contribution in [0.3, 0.4) is 0 Å². The Balaban J connectivity index is 1.27. The maximum atomic E-state index is 12.9. The van der Waals surface area contributed by atoms with E-state index in [-0.39, 0.29) is 11.9 Å². The quantitative estimate of drug-likeness (QED) is 0.455. The summed E-state index contributed by atoms with van der Waals surface area (Å²) in [6, 6.07) is 0.112. The summed E-state index contributed by atoms with van der Waals surface area (Å²) in [7, 11) is 0. The van der Waals surface area contributed by atoms with Crippen LogP contribution in [-0.2, 0) is 4.74 Å². The average Bonchev–Trinajstić information content (AvgIpc) is 3.34. The largest absolute Gasteiger partial charge is 0.443 e. The molecule has 0 bridgehead atoms. The van der Waals surface area contributed by atoms with Crippen molar-refractivity contribution in [1.82, 2.24) is 40.7 Å². The number of fused-ring (bicyclic) bond motifs is 3. The second-order valence-electron chi connectivity index (χ2n) is 8.92. The maximum Gasteiger partial charge on any atom is 0.422 e. The molecular weight excluding hydrogens is 400 g/mol. The van der Waals surface area contributed by atoms with Gasteiger partial charge in [0.15, 0.2) is 11.3 Å². The lowest BCUT2D eigenvalue weighted by Crippen LogP contribution is -2.44. The zero-order chi connectivity index (χ0) is 22.0. The number of aromatic amines is 1. The molecule has 4 N–H and O–H groups in total. The van der Waals surface area contributed by atoms with Gasteiger partial charge in [-0.15, -0.1) is 10.2 Å². The molecule has 11 heteroatoms. The third-order valence-electron chi connectivity index (χ3n) is 5.36. The van der Waals surface area contributed by atoms with Crippen molar-refractivity contribution in [2.45, 2.75) is 58.1 Å². The highest BCUT2D eigenvalue weighted by atomic mass is 16.6. The van der Waals surface area contributed by atoms with Gasteiger partial charge >= 0.3 is 6.09 Å². The van der Waals surface area contributed by atoms with Crippen molar-refractivity contribution < 1.29 is 14.3 Å². The SMILES string of the molecule is CC(C)(C)OC(=O)NNCC1CCC(NC(=O)c2c[nH]c3ncc4nncn4c23)CC1. The fourth-order valence-electron chi connectivity index (χ4n) is 3.89. The molecule has 1 fully saturated rings. The second-order valence-corrected chi connectivity index (χ2v) is 8.92. The molecule has 1 aliphatic rings. The molecule has 0 atom stereocenters. The van der Waals surface area contributed by atoms with Gasteiger partial charge in [0.1, 0.15) is 17.4 Å². The summed E-state index contributed by atoms with van der Waals surface area (Å²) in [5, 5.41) is 11.0. The van der Waals surface area contributed by atoms with E-state index in [9.17, 15) is 9.59 Å². The number of H-pyrrole nitrogens is 1. The molecule has 0 unspecified atom stereocenters. The van der Waals surface area contributed by atoms with Gasteiger partial charge in [-0.2, -0.15) is 0 Å². The average molecular weight is 428 g/mol. The summed E-state index contributed by atoms with van der Waals surface area (Å²) >= 11 is 0. The Bertz CT molecular complexity index is 1080. The van der Waals surface area contributed by atoms with Crippen LogP contribution in [0, 0.1) is 5.92 Å². The first-order valence-electron chi connectivity index (χ1n) is 10.5. The van der Waals surface area contributed by atoms with E-state index >= 15 is 0 Å². The van der Waals surface area contributed by atoms with Crippen molar-refractivity contribution in [3.05, 3.63) is 24.3 Å². The van der Waals surface area contributed by atoms with E-state index in [0.29, 0.717) is 34.8 Å². The Morgan fingerprint density at radius 3 is 2.77 bits per heavy atom. The monoisotopic (exact) mass is 428 g/mol. The predicted octanol–water partition coefficient (Wildman–Crippen LogP) is 1.92. The molecule has 3 aromatic rings. The molecule has 11 nitrogen and oxygen atoms in total. The molecule has 0 aromatic carbocycles. The van der Waals surface area contributed by atoms with Gasteiger partial charge in [-0.3, -0.25) is 14.6 Å². The minimum absolute atomic E-state index is 0.112. The Morgan fingerprint density at radius 2 is 2.03 bits per heavy atom. The first-order chi connectivity index (χ1) is 14.8. The van der Waals surface area contributed by atoms with Crippen LogP contribution in [0.5, 0.6) is 0 Å². The van der Waals surface area contributed by atoms with Crippen molar-refractivity contribution in [2.24, 2.45) is 5.92 Å². The van der Waals surface area contributed by atoms with Crippen LogP contribution in [0.1, 0.15) is 56.8 Å². The number of hydrogen-bond donors (Lipinski definition) is 4. The van der Waals surface area contributed by atoms with E-state index in [1.165, 1.54) is 0 Å². The van der Waals surface area contributed by atoms with Crippen LogP contribution < -0.4 is 16.2 Å². The first-order valence-corrected chi connectivity index (χ1v) is 10.5.